The molecule has 1 saturated heterocycles. The van der Waals surface area contributed by atoms with Crippen LogP contribution in [0.4, 0.5) is 0 Å². The van der Waals surface area contributed by atoms with Gasteiger partial charge < -0.3 is 5.11 Å². The van der Waals surface area contributed by atoms with Crippen molar-refractivity contribution in [2.75, 3.05) is 18.8 Å². The third-order valence-electron chi connectivity index (χ3n) is 3.96. The molecule has 2 rings (SSSR count). The normalized spacial score (nSPS) is 24.6. The molecule has 1 aliphatic carbocycles. The van der Waals surface area contributed by atoms with Gasteiger partial charge in [0.2, 0.25) is 10.0 Å². The van der Waals surface area contributed by atoms with Gasteiger partial charge in [-0.3, -0.25) is 4.79 Å². The average molecular weight is 287 g/mol. The molecule has 1 heterocycles. The lowest BCUT2D eigenvalue weighted by Gasteiger charge is -2.35. The van der Waals surface area contributed by atoms with E-state index in [0.717, 1.165) is 12.8 Å². The minimum absolute atomic E-state index is 0.0583. The predicted octanol–water partition coefficient (Wildman–Crippen LogP) is 1.61. The van der Waals surface area contributed by atoms with Gasteiger partial charge in [-0.2, -0.15) is 4.31 Å². The number of hydrogen-bond donors (Lipinski definition) is 1. The Hall–Kier alpha value is -0.880. The summed E-state index contributed by atoms with van der Waals surface area (Å²) in [5.41, 5.74) is 1.26. The fourth-order valence-electron chi connectivity index (χ4n) is 2.88. The minimum Gasteiger partial charge on any atom is -0.481 e. The van der Waals surface area contributed by atoms with Crippen molar-refractivity contribution in [3.05, 3.63) is 11.6 Å². The third-order valence-corrected chi connectivity index (χ3v) is 5.86. The van der Waals surface area contributed by atoms with Crippen molar-refractivity contribution in [1.82, 2.24) is 4.31 Å². The second kappa shape index (κ2) is 6.05. The number of rotatable bonds is 5. The van der Waals surface area contributed by atoms with Gasteiger partial charge in [0.05, 0.1) is 5.75 Å². The first-order valence-electron chi connectivity index (χ1n) is 6.87. The van der Waals surface area contributed by atoms with Crippen molar-refractivity contribution in [2.24, 2.45) is 5.92 Å². The summed E-state index contributed by atoms with van der Waals surface area (Å²) < 4.78 is 25.8. The van der Waals surface area contributed by atoms with Crippen LogP contribution in [0.3, 0.4) is 0 Å². The van der Waals surface area contributed by atoms with Crippen LogP contribution in [0, 0.1) is 5.92 Å². The Morgan fingerprint density at radius 3 is 2.95 bits per heavy atom. The first-order valence-corrected chi connectivity index (χ1v) is 8.48. The van der Waals surface area contributed by atoms with Crippen molar-refractivity contribution in [2.45, 2.75) is 38.5 Å². The smallest absolute Gasteiger partial charge is 0.303 e. The number of allylic oxidation sites excluding steroid dienone is 1. The molecule has 108 valence electrons. The summed E-state index contributed by atoms with van der Waals surface area (Å²) in [6.45, 7) is 1.09. The lowest BCUT2D eigenvalue weighted by atomic mass is 9.83. The van der Waals surface area contributed by atoms with Crippen LogP contribution in [-0.2, 0) is 14.8 Å². The number of fused-ring (bicyclic) bond motifs is 1. The topological polar surface area (TPSA) is 74.7 Å². The van der Waals surface area contributed by atoms with Crippen LogP contribution in [0.2, 0.25) is 0 Å². The summed E-state index contributed by atoms with van der Waals surface area (Å²) >= 11 is 0. The Bertz CT molecular complexity index is 469. The molecule has 1 fully saturated rings. The molecular formula is C13H21NO4S. The highest BCUT2D eigenvalue weighted by Crippen LogP contribution is 2.32. The SMILES string of the molecule is O=C(O)CCCS(=O)(=O)N1CCC2CCCC=C2C1. The Kier molecular flexibility index (Phi) is 4.62. The largest absolute Gasteiger partial charge is 0.481 e. The fourth-order valence-corrected chi connectivity index (χ4v) is 4.38. The Labute approximate surface area is 114 Å². The summed E-state index contributed by atoms with van der Waals surface area (Å²) in [6, 6.07) is 0. The van der Waals surface area contributed by atoms with E-state index >= 15 is 0 Å². The molecule has 0 aromatic heterocycles. The molecule has 0 spiro atoms. The van der Waals surface area contributed by atoms with Gasteiger partial charge in [-0.15, -0.1) is 0 Å². The van der Waals surface area contributed by atoms with Crippen molar-refractivity contribution in [3.63, 3.8) is 0 Å². The molecule has 0 radical (unpaired) electrons. The monoisotopic (exact) mass is 287 g/mol. The second-order valence-corrected chi connectivity index (χ2v) is 7.43. The Morgan fingerprint density at radius 2 is 2.21 bits per heavy atom. The maximum atomic E-state index is 12.1. The summed E-state index contributed by atoms with van der Waals surface area (Å²) in [6.07, 6.45) is 6.64. The Morgan fingerprint density at radius 1 is 1.42 bits per heavy atom. The predicted molar refractivity (Wildman–Crippen MR) is 72.3 cm³/mol. The van der Waals surface area contributed by atoms with Gasteiger partial charge >= 0.3 is 5.97 Å². The minimum atomic E-state index is -3.30. The zero-order valence-corrected chi connectivity index (χ0v) is 11.9. The number of carboxylic acids is 1. The van der Waals surface area contributed by atoms with Crippen LogP contribution in [0.5, 0.6) is 0 Å². The lowest BCUT2D eigenvalue weighted by molar-refractivity contribution is -0.137. The second-order valence-electron chi connectivity index (χ2n) is 5.34. The van der Waals surface area contributed by atoms with Crippen molar-refractivity contribution < 1.29 is 18.3 Å². The lowest BCUT2D eigenvalue weighted by Crippen LogP contribution is -2.41. The van der Waals surface area contributed by atoms with Crippen molar-refractivity contribution >= 4 is 16.0 Å². The maximum Gasteiger partial charge on any atom is 0.303 e. The fraction of sp³-hybridized carbons (Fsp3) is 0.769. The number of carboxylic acid groups (broad SMARTS) is 1. The van der Waals surface area contributed by atoms with E-state index in [1.165, 1.54) is 22.7 Å². The van der Waals surface area contributed by atoms with Crippen LogP contribution in [0.1, 0.15) is 38.5 Å². The highest BCUT2D eigenvalue weighted by atomic mass is 32.2. The van der Waals surface area contributed by atoms with Gasteiger partial charge in [-0.25, -0.2) is 8.42 Å². The molecule has 0 aromatic carbocycles. The molecule has 1 unspecified atom stereocenters. The van der Waals surface area contributed by atoms with E-state index in [9.17, 15) is 13.2 Å². The highest BCUT2D eigenvalue weighted by Gasteiger charge is 2.31. The highest BCUT2D eigenvalue weighted by molar-refractivity contribution is 7.89. The van der Waals surface area contributed by atoms with E-state index in [0.29, 0.717) is 19.0 Å². The molecular weight excluding hydrogens is 266 g/mol. The van der Waals surface area contributed by atoms with Gasteiger partial charge in [-0.1, -0.05) is 11.6 Å². The quantitative estimate of drug-likeness (QED) is 0.780. The van der Waals surface area contributed by atoms with Gasteiger partial charge in [-0.05, 0) is 38.0 Å². The van der Waals surface area contributed by atoms with Crippen LogP contribution in [0.15, 0.2) is 11.6 Å². The number of sulfonamides is 1. The number of nitrogens with zero attached hydrogens (tertiary/aromatic N) is 1. The first-order chi connectivity index (χ1) is 8.99. The zero-order chi connectivity index (χ0) is 13.9. The molecule has 19 heavy (non-hydrogen) atoms. The van der Waals surface area contributed by atoms with Gasteiger partial charge in [0.15, 0.2) is 0 Å². The summed E-state index contributed by atoms with van der Waals surface area (Å²) in [4.78, 5) is 10.4. The van der Waals surface area contributed by atoms with E-state index in [2.05, 4.69) is 6.08 Å². The van der Waals surface area contributed by atoms with Crippen LogP contribution in [-0.4, -0.2) is 42.6 Å². The molecule has 1 aliphatic heterocycles. The molecule has 0 amide bonds. The molecule has 2 aliphatic rings. The zero-order valence-electron chi connectivity index (χ0n) is 11.0. The van der Waals surface area contributed by atoms with E-state index in [-0.39, 0.29) is 18.6 Å². The molecule has 6 heteroatoms. The summed E-state index contributed by atoms with van der Waals surface area (Å²) in [7, 11) is -3.30. The maximum absolute atomic E-state index is 12.1. The molecule has 0 bridgehead atoms. The van der Waals surface area contributed by atoms with Crippen molar-refractivity contribution in [1.29, 1.82) is 0 Å². The van der Waals surface area contributed by atoms with E-state index in [1.54, 1.807) is 0 Å². The van der Waals surface area contributed by atoms with Crippen LogP contribution in [0.25, 0.3) is 0 Å². The number of carbonyl (C=O) groups is 1. The average Bonchev–Trinajstić information content (AvgIpc) is 2.37. The standard InChI is InChI=1S/C13H21NO4S/c15-13(16)6-3-9-19(17,18)14-8-7-11-4-1-2-5-12(11)10-14/h5,11H,1-4,6-10H2,(H,15,16). The van der Waals surface area contributed by atoms with Crippen LogP contribution >= 0.6 is 0 Å². The number of piperidine rings is 1. The van der Waals surface area contributed by atoms with Crippen molar-refractivity contribution in [3.8, 4) is 0 Å². The molecule has 1 atom stereocenters. The molecule has 5 nitrogen and oxygen atoms in total. The van der Waals surface area contributed by atoms with Gasteiger partial charge in [0, 0.05) is 19.5 Å². The summed E-state index contributed by atoms with van der Waals surface area (Å²) in [5, 5.41) is 8.56. The van der Waals surface area contributed by atoms with E-state index in [1.807, 2.05) is 0 Å². The van der Waals surface area contributed by atoms with Gasteiger partial charge in [0.25, 0.3) is 0 Å². The Balaban J connectivity index is 1.94. The van der Waals surface area contributed by atoms with Crippen LogP contribution < -0.4 is 0 Å². The van der Waals surface area contributed by atoms with Gasteiger partial charge in [0.1, 0.15) is 0 Å². The molecule has 0 saturated carbocycles. The number of hydrogen-bond acceptors (Lipinski definition) is 3. The van der Waals surface area contributed by atoms with E-state index in [4.69, 9.17) is 5.11 Å². The first kappa shape index (κ1) is 14.5. The third kappa shape index (κ3) is 3.79. The molecule has 1 N–H and O–H groups in total. The summed E-state index contributed by atoms with van der Waals surface area (Å²) in [5.74, 6) is -0.430. The van der Waals surface area contributed by atoms with E-state index < -0.39 is 16.0 Å². The molecule has 0 aromatic rings. The number of aliphatic carboxylic acids is 1.